The molecule has 0 radical (unpaired) electrons. The molecule has 82 valence electrons. The number of nitrogens with one attached hydrogen (secondary N) is 1. The van der Waals surface area contributed by atoms with Crippen LogP contribution in [0, 0.1) is 0 Å². The molecule has 1 aromatic rings. The van der Waals surface area contributed by atoms with Crippen molar-refractivity contribution >= 4 is 16.7 Å². The number of likely N-dealkylation sites (N-methyl/N-ethyl adjacent to an activating group) is 1. The third-order valence-corrected chi connectivity index (χ3v) is 3.76. The quantitative estimate of drug-likeness (QED) is 0.845. The Kier molecular flexibility index (Phi) is 2.36. The van der Waals surface area contributed by atoms with Crippen molar-refractivity contribution in [2.75, 3.05) is 25.5 Å². The predicted molar refractivity (Wildman–Crippen MR) is 61.4 cm³/mol. The Labute approximate surface area is 93.9 Å². The van der Waals surface area contributed by atoms with E-state index >= 15 is 0 Å². The summed E-state index contributed by atoms with van der Waals surface area (Å²) in [6, 6.07) is 0.565. The van der Waals surface area contributed by atoms with Crippen molar-refractivity contribution in [3.63, 3.8) is 0 Å². The van der Waals surface area contributed by atoms with E-state index in [1.165, 1.54) is 37.3 Å². The van der Waals surface area contributed by atoms with Gasteiger partial charge in [0.1, 0.15) is 5.82 Å². The predicted octanol–water partition coefficient (Wildman–Crippen LogP) is 1.53. The topological polar surface area (TPSA) is 41.0 Å². The van der Waals surface area contributed by atoms with Gasteiger partial charge in [-0.25, -0.2) is 4.98 Å². The molecule has 2 heterocycles. The van der Waals surface area contributed by atoms with E-state index < -0.39 is 0 Å². The Morgan fingerprint density at radius 3 is 2.93 bits per heavy atom. The van der Waals surface area contributed by atoms with Gasteiger partial charge in [-0.05, 0) is 32.9 Å². The van der Waals surface area contributed by atoms with E-state index in [0.717, 1.165) is 17.5 Å². The summed E-state index contributed by atoms with van der Waals surface area (Å²) in [6.07, 6.45) is 3.78. The van der Waals surface area contributed by atoms with E-state index in [-0.39, 0.29) is 0 Å². The summed E-state index contributed by atoms with van der Waals surface area (Å²) in [4.78, 5) is 6.89. The summed E-state index contributed by atoms with van der Waals surface area (Å²) in [5, 5.41) is 4.49. The standard InChI is InChI=1S/C10H16N4S/c1-14-5-4-8(6-14)11-10-12-9(13-15-10)7-2-3-7/h7-8H,2-6H2,1H3,(H,11,12,13). The van der Waals surface area contributed by atoms with Crippen LogP contribution in [0.15, 0.2) is 0 Å². The van der Waals surface area contributed by atoms with Crippen molar-refractivity contribution in [1.82, 2.24) is 14.3 Å². The second-order valence-corrected chi connectivity index (χ2v) is 5.38. The molecule has 0 bridgehead atoms. The fourth-order valence-electron chi connectivity index (χ4n) is 2.03. The van der Waals surface area contributed by atoms with Gasteiger partial charge in [0.05, 0.1) is 0 Å². The average Bonchev–Trinajstić information content (AvgIpc) is 2.84. The van der Waals surface area contributed by atoms with Gasteiger partial charge in [-0.15, -0.1) is 0 Å². The SMILES string of the molecule is CN1CCC(Nc2nc(C3CC3)ns2)C1. The molecule has 1 atom stereocenters. The van der Waals surface area contributed by atoms with Crippen LogP contribution in [0.5, 0.6) is 0 Å². The Balaban J connectivity index is 1.61. The van der Waals surface area contributed by atoms with Gasteiger partial charge in [-0.3, -0.25) is 0 Å². The molecule has 1 aliphatic carbocycles. The lowest BCUT2D eigenvalue weighted by Gasteiger charge is -2.10. The van der Waals surface area contributed by atoms with Crippen molar-refractivity contribution in [2.24, 2.45) is 0 Å². The van der Waals surface area contributed by atoms with Gasteiger partial charge in [-0.2, -0.15) is 4.37 Å². The van der Waals surface area contributed by atoms with Crippen molar-refractivity contribution in [1.29, 1.82) is 0 Å². The summed E-state index contributed by atoms with van der Waals surface area (Å²) in [5.74, 6) is 1.73. The van der Waals surface area contributed by atoms with Crippen LogP contribution < -0.4 is 5.32 Å². The van der Waals surface area contributed by atoms with E-state index in [9.17, 15) is 0 Å². The molecule has 15 heavy (non-hydrogen) atoms. The molecule has 0 amide bonds. The zero-order chi connectivity index (χ0) is 10.3. The summed E-state index contributed by atoms with van der Waals surface area (Å²) < 4.78 is 4.39. The highest BCUT2D eigenvalue weighted by Crippen LogP contribution is 2.39. The summed E-state index contributed by atoms with van der Waals surface area (Å²) in [7, 11) is 2.16. The molecule has 2 aliphatic rings. The number of hydrogen-bond donors (Lipinski definition) is 1. The number of anilines is 1. The maximum atomic E-state index is 4.54. The minimum atomic E-state index is 0.565. The number of rotatable bonds is 3. The van der Waals surface area contributed by atoms with Gasteiger partial charge < -0.3 is 10.2 Å². The molecule has 1 unspecified atom stereocenters. The molecule has 1 aliphatic heterocycles. The van der Waals surface area contributed by atoms with Gasteiger partial charge in [-0.1, -0.05) is 0 Å². The normalized spacial score (nSPS) is 27.1. The molecule has 1 saturated heterocycles. The summed E-state index contributed by atoms with van der Waals surface area (Å²) in [5.41, 5.74) is 0. The Morgan fingerprint density at radius 2 is 2.27 bits per heavy atom. The van der Waals surface area contributed by atoms with Crippen LogP contribution in [-0.4, -0.2) is 40.4 Å². The van der Waals surface area contributed by atoms with E-state index in [1.807, 2.05) is 0 Å². The van der Waals surface area contributed by atoms with Crippen molar-refractivity contribution in [2.45, 2.75) is 31.2 Å². The lowest BCUT2D eigenvalue weighted by Crippen LogP contribution is -2.23. The lowest BCUT2D eigenvalue weighted by atomic mass is 10.3. The Morgan fingerprint density at radius 1 is 1.40 bits per heavy atom. The molecular weight excluding hydrogens is 208 g/mol. The molecule has 0 spiro atoms. The molecule has 0 aromatic carbocycles. The lowest BCUT2D eigenvalue weighted by molar-refractivity contribution is 0.414. The molecule has 1 aromatic heterocycles. The highest BCUT2D eigenvalue weighted by Gasteiger charge is 2.28. The highest BCUT2D eigenvalue weighted by atomic mass is 32.1. The van der Waals surface area contributed by atoms with Crippen LogP contribution in [0.3, 0.4) is 0 Å². The number of aromatic nitrogens is 2. The smallest absolute Gasteiger partial charge is 0.202 e. The van der Waals surface area contributed by atoms with Crippen molar-refractivity contribution in [3.8, 4) is 0 Å². The van der Waals surface area contributed by atoms with E-state index in [1.54, 1.807) is 0 Å². The van der Waals surface area contributed by atoms with Gasteiger partial charge in [0, 0.05) is 30.0 Å². The third kappa shape index (κ3) is 2.13. The number of likely N-dealkylation sites (tertiary alicyclic amines) is 1. The third-order valence-electron chi connectivity index (χ3n) is 3.10. The van der Waals surface area contributed by atoms with E-state index in [4.69, 9.17) is 0 Å². The molecule has 4 nitrogen and oxygen atoms in total. The fourth-order valence-corrected chi connectivity index (χ4v) is 2.75. The molecule has 1 N–H and O–H groups in total. The highest BCUT2D eigenvalue weighted by molar-refractivity contribution is 7.09. The van der Waals surface area contributed by atoms with Gasteiger partial charge in [0.25, 0.3) is 0 Å². The Hall–Kier alpha value is -0.680. The maximum absolute atomic E-state index is 4.54. The summed E-state index contributed by atoms with van der Waals surface area (Å²) in [6.45, 7) is 2.31. The summed E-state index contributed by atoms with van der Waals surface area (Å²) >= 11 is 1.52. The number of hydrogen-bond acceptors (Lipinski definition) is 5. The van der Waals surface area contributed by atoms with Gasteiger partial charge in [0.2, 0.25) is 5.13 Å². The zero-order valence-electron chi connectivity index (χ0n) is 8.94. The first-order valence-corrected chi connectivity index (χ1v) is 6.37. The maximum Gasteiger partial charge on any atom is 0.202 e. The minimum Gasteiger partial charge on any atom is -0.356 e. The second kappa shape index (κ2) is 3.72. The average molecular weight is 224 g/mol. The zero-order valence-corrected chi connectivity index (χ0v) is 9.76. The first-order valence-electron chi connectivity index (χ1n) is 5.60. The van der Waals surface area contributed by atoms with Crippen LogP contribution in [0.2, 0.25) is 0 Å². The molecular formula is C10H16N4S. The monoisotopic (exact) mass is 224 g/mol. The first kappa shape index (κ1) is 9.54. The van der Waals surface area contributed by atoms with Crippen LogP contribution in [0.4, 0.5) is 5.13 Å². The van der Waals surface area contributed by atoms with Gasteiger partial charge >= 0.3 is 0 Å². The Bertz CT molecular complexity index is 347. The second-order valence-electron chi connectivity index (χ2n) is 4.62. The first-order chi connectivity index (χ1) is 7.31. The van der Waals surface area contributed by atoms with Gasteiger partial charge in [0.15, 0.2) is 0 Å². The molecule has 1 saturated carbocycles. The largest absolute Gasteiger partial charge is 0.356 e. The van der Waals surface area contributed by atoms with Crippen LogP contribution in [0.1, 0.15) is 31.0 Å². The van der Waals surface area contributed by atoms with E-state index in [2.05, 4.69) is 26.6 Å². The van der Waals surface area contributed by atoms with Crippen molar-refractivity contribution in [3.05, 3.63) is 5.82 Å². The van der Waals surface area contributed by atoms with Crippen LogP contribution in [0.25, 0.3) is 0 Å². The minimum absolute atomic E-state index is 0.565. The van der Waals surface area contributed by atoms with E-state index in [0.29, 0.717) is 12.0 Å². The van der Waals surface area contributed by atoms with Crippen LogP contribution in [-0.2, 0) is 0 Å². The fraction of sp³-hybridized carbons (Fsp3) is 0.800. The number of nitrogens with zero attached hydrogens (tertiary/aromatic N) is 3. The molecule has 5 heteroatoms. The van der Waals surface area contributed by atoms with Crippen molar-refractivity contribution < 1.29 is 0 Å². The molecule has 2 fully saturated rings. The molecule has 3 rings (SSSR count). The van der Waals surface area contributed by atoms with Crippen LogP contribution >= 0.6 is 11.5 Å².